The summed E-state index contributed by atoms with van der Waals surface area (Å²) in [4.78, 5) is 12.6. The van der Waals surface area contributed by atoms with E-state index in [0.717, 1.165) is 0 Å². The van der Waals surface area contributed by atoms with Gasteiger partial charge >= 0.3 is 5.97 Å². The number of hydrogen-bond acceptors (Lipinski definition) is 5. The second kappa shape index (κ2) is 8.81. The molecule has 0 heterocycles. The van der Waals surface area contributed by atoms with Gasteiger partial charge in [-0.3, -0.25) is 9.69 Å². The molecular formula is C14H28N2O5S. The van der Waals surface area contributed by atoms with Crippen molar-refractivity contribution in [1.82, 2.24) is 9.62 Å². The van der Waals surface area contributed by atoms with Crippen LogP contribution in [-0.2, 0) is 19.6 Å². The number of nitrogens with one attached hydrogen (secondary N) is 1. The standard InChI is InChI=1S/C14H28N2O5S/c1-4-16(8-14(17)18)13-6-12(7-13)15-22(19,20)10-11(3)9-21-5-2/h11-13,15H,4-10H2,1-3H3,(H,17,18). The summed E-state index contributed by atoms with van der Waals surface area (Å²) in [6.45, 7) is 7.32. The molecule has 0 spiro atoms. The van der Waals surface area contributed by atoms with E-state index in [-0.39, 0.29) is 30.3 Å². The molecule has 1 saturated carbocycles. The number of carboxylic acids is 1. The summed E-state index contributed by atoms with van der Waals surface area (Å²) >= 11 is 0. The van der Waals surface area contributed by atoms with E-state index in [9.17, 15) is 13.2 Å². The van der Waals surface area contributed by atoms with Gasteiger partial charge in [0, 0.05) is 18.7 Å². The molecule has 1 atom stereocenters. The number of rotatable bonds is 11. The Morgan fingerprint density at radius 2 is 2.05 bits per heavy atom. The predicted molar refractivity (Wildman–Crippen MR) is 84.3 cm³/mol. The second-order valence-corrected chi connectivity index (χ2v) is 7.74. The molecule has 22 heavy (non-hydrogen) atoms. The van der Waals surface area contributed by atoms with Gasteiger partial charge in [-0.1, -0.05) is 13.8 Å². The maximum atomic E-state index is 12.1. The lowest BCUT2D eigenvalue weighted by Crippen LogP contribution is -2.55. The SMILES string of the molecule is CCOCC(C)CS(=O)(=O)NC1CC(N(CC)CC(=O)O)C1. The monoisotopic (exact) mass is 336 g/mol. The highest BCUT2D eigenvalue weighted by Gasteiger charge is 2.36. The van der Waals surface area contributed by atoms with Gasteiger partial charge in [0.05, 0.1) is 18.9 Å². The predicted octanol–water partition coefficient (Wildman–Crippen LogP) is 0.516. The van der Waals surface area contributed by atoms with Crippen LogP contribution in [0.5, 0.6) is 0 Å². The number of hydrogen-bond donors (Lipinski definition) is 2. The van der Waals surface area contributed by atoms with Gasteiger partial charge in [-0.05, 0) is 32.2 Å². The maximum Gasteiger partial charge on any atom is 0.317 e. The van der Waals surface area contributed by atoms with Crippen molar-refractivity contribution in [3.63, 3.8) is 0 Å². The second-order valence-electron chi connectivity index (χ2n) is 5.94. The fraction of sp³-hybridized carbons (Fsp3) is 0.929. The lowest BCUT2D eigenvalue weighted by molar-refractivity contribution is -0.139. The van der Waals surface area contributed by atoms with Crippen molar-refractivity contribution in [2.24, 2.45) is 5.92 Å². The van der Waals surface area contributed by atoms with Crippen LogP contribution in [0.1, 0.15) is 33.6 Å². The van der Waals surface area contributed by atoms with Crippen molar-refractivity contribution >= 4 is 16.0 Å². The van der Waals surface area contributed by atoms with E-state index in [0.29, 0.717) is 32.6 Å². The van der Waals surface area contributed by atoms with Crippen LogP contribution >= 0.6 is 0 Å². The molecule has 2 N–H and O–H groups in total. The molecule has 0 aromatic heterocycles. The van der Waals surface area contributed by atoms with Crippen molar-refractivity contribution in [1.29, 1.82) is 0 Å². The van der Waals surface area contributed by atoms with Crippen molar-refractivity contribution in [2.75, 3.05) is 32.1 Å². The molecule has 7 nitrogen and oxygen atoms in total. The fourth-order valence-electron chi connectivity index (χ4n) is 2.70. The van der Waals surface area contributed by atoms with E-state index in [2.05, 4.69) is 4.72 Å². The lowest BCUT2D eigenvalue weighted by Gasteiger charge is -2.42. The van der Waals surface area contributed by atoms with Crippen molar-refractivity contribution in [2.45, 2.75) is 45.7 Å². The highest BCUT2D eigenvalue weighted by atomic mass is 32.2. The molecule has 0 aliphatic heterocycles. The number of carbonyl (C=O) groups is 1. The van der Waals surface area contributed by atoms with E-state index in [1.165, 1.54) is 0 Å². The lowest BCUT2D eigenvalue weighted by atomic mass is 9.86. The molecule has 0 bridgehead atoms. The zero-order valence-corrected chi connectivity index (χ0v) is 14.4. The molecule has 0 aromatic carbocycles. The van der Waals surface area contributed by atoms with E-state index in [4.69, 9.17) is 9.84 Å². The summed E-state index contributed by atoms with van der Waals surface area (Å²) < 4.78 is 32.1. The number of carboxylic acid groups (broad SMARTS) is 1. The molecule has 0 radical (unpaired) electrons. The van der Waals surface area contributed by atoms with Crippen LogP contribution in [0.25, 0.3) is 0 Å². The molecule has 8 heteroatoms. The fourth-order valence-corrected chi connectivity index (χ4v) is 4.34. The summed E-state index contributed by atoms with van der Waals surface area (Å²) in [7, 11) is -3.32. The smallest absolute Gasteiger partial charge is 0.317 e. The van der Waals surface area contributed by atoms with E-state index >= 15 is 0 Å². The van der Waals surface area contributed by atoms with Crippen LogP contribution < -0.4 is 4.72 Å². The molecule has 1 fully saturated rings. The van der Waals surface area contributed by atoms with Gasteiger partial charge in [0.25, 0.3) is 0 Å². The molecule has 0 amide bonds. The van der Waals surface area contributed by atoms with Gasteiger partial charge in [0.15, 0.2) is 0 Å². The number of ether oxygens (including phenoxy) is 1. The molecule has 0 saturated heterocycles. The summed E-state index contributed by atoms with van der Waals surface area (Å²) in [6.07, 6.45) is 1.33. The first-order chi connectivity index (χ1) is 10.3. The minimum absolute atomic E-state index is 0.00598. The quantitative estimate of drug-likeness (QED) is 0.571. The number of likely N-dealkylation sites (N-methyl/N-ethyl adjacent to an activating group) is 1. The van der Waals surface area contributed by atoms with Gasteiger partial charge in [0.2, 0.25) is 10.0 Å². The van der Waals surface area contributed by atoms with E-state index < -0.39 is 16.0 Å². The Hall–Kier alpha value is -0.700. The van der Waals surface area contributed by atoms with Gasteiger partial charge in [-0.2, -0.15) is 0 Å². The third-order valence-corrected chi connectivity index (χ3v) is 5.53. The van der Waals surface area contributed by atoms with Crippen molar-refractivity contribution in [3.05, 3.63) is 0 Å². The Balaban J connectivity index is 2.36. The first-order valence-electron chi connectivity index (χ1n) is 7.81. The molecular weight excluding hydrogens is 308 g/mol. The third kappa shape index (κ3) is 6.60. The van der Waals surface area contributed by atoms with Crippen molar-refractivity contribution < 1.29 is 23.1 Å². The number of nitrogens with zero attached hydrogens (tertiary/aromatic N) is 1. The summed E-state index contributed by atoms with van der Waals surface area (Å²) in [6, 6.07) is 0.0618. The molecule has 1 rings (SSSR count). The Bertz CT molecular complexity index is 448. The summed E-state index contributed by atoms with van der Waals surface area (Å²) in [5.41, 5.74) is 0. The average molecular weight is 336 g/mol. The van der Waals surface area contributed by atoms with Gasteiger partial charge in [-0.25, -0.2) is 13.1 Å². The van der Waals surface area contributed by atoms with Crippen LogP contribution in [0, 0.1) is 5.92 Å². The molecule has 1 aliphatic carbocycles. The van der Waals surface area contributed by atoms with E-state index in [1.54, 1.807) is 0 Å². The Labute approximate surface area is 133 Å². The summed E-state index contributed by atoms with van der Waals surface area (Å²) in [5, 5.41) is 8.84. The number of aliphatic carboxylic acids is 1. The van der Waals surface area contributed by atoms with E-state index in [1.807, 2.05) is 25.7 Å². The van der Waals surface area contributed by atoms with Crippen LogP contribution in [-0.4, -0.2) is 68.5 Å². The largest absolute Gasteiger partial charge is 0.480 e. The van der Waals surface area contributed by atoms with Crippen LogP contribution in [0.3, 0.4) is 0 Å². The topological polar surface area (TPSA) is 95.9 Å². The van der Waals surface area contributed by atoms with Crippen LogP contribution in [0.4, 0.5) is 0 Å². The maximum absolute atomic E-state index is 12.1. The number of sulfonamides is 1. The average Bonchev–Trinajstić information content (AvgIpc) is 2.37. The highest BCUT2D eigenvalue weighted by molar-refractivity contribution is 7.89. The van der Waals surface area contributed by atoms with Gasteiger partial charge < -0.3 is 9.84 Å². The Kier molecular flexibility index (Phi) is 7.75. The summed E-state index contributed by atoms with van der Waals surface area (Å²) in [5.74, 6) is -0.844. The Morgan fingerprint density at radius 1 is 1.41 bits per heavy atom. The normalized spacial score (nSPS) is 23.3. The van der Waals surface area contributed by atoms with Gasteiger partial charge in [-0.15, -0.1) is 0 Å². The zero-order valence-electron chi connectivity index (χ0n) is 13.6. The van der Waals surface area contributed by atoms with Crippen molar-refractivity contribution in [3.8, 4) is 0 Å². The zero-order chi connectivity index (χ0) is 16.8. The first-order valence-corrected chi connectivity index (χ1v) is 9.46. The van der Waals surface area contributed by atoms with Crippen LogP contribution in [0.2, 0.25) is 0 Å². The molecule has 1 aliphatic rings. The molecule has 130 valence electrons. The minimum Gasteiger partial charge on any atom is -0.480 e. The molecule has 0 aromatic rings. The minimum atomic E-state index is -3.32. The van der Waals surface area contributed by atoms with Crippen LogP contribution in [0.15, 0.2) is 0 Å². The Morgan fingerprint density at radius 3 is 2.55 bits per heavy atom. The first kappa shape index (κ1) is 19.3. The highest BCUT2D eigenvalue weighted by Crippen LogP contribution is 2.26. The molecule has 1 unspecified atom stereocenters. The van der Waals surface area contributed by atoms with Gasteiger partial charge in [0.1, 0.15) is 0 Å². The third-order valence-electron chi connectivity index (χ3n) is 3.83.